The minimum atomic E-state index is -0.630. The third-order valence-electron chi connectivity index (χ3n) is 4.71. The Kier molecular flexibility index (Phi) is 9.28. The molecule has 0 saturated carbocycles. The maximum absolute atomic E-state index is 13.4. The van der Waals surface area contributed by atoms with E-state index in [1.807, 2.05) is 13.8 Å². The van der Waals surface area contributed by atoms with Crippen LogP contribution in [0.1, 0.15) is 66.5 Å². The number of unbranched alkanes of at least 4 members (excludes halogenated alkanes) is 2. The van der Waals surface area contributed by atoms with Crippen molar-refractivity contribution in [1.82, 2.24) is 9.88 Å². The lowest BCUT2D eigenvalue weighted by atomic mass is 10.1. The molecule has 0 unspecified atom stereocenters. The third kappa shape index (κ3) is 7.04. The summed E-state index contributed by atoms with van der Waals surface area (Å²) < 4.78 is 13.2. The summed E-state index contributed by atoms with van der Waals surface area (Å²) in [7, 11) is 0. The summed E-state index contributed by atoms with van der Waals surface area (Å²) in [4.78, 5) is 25.7. The lowest BCUT2D eigenvalue weighted by Crippen LogP contribution is -2.35. The highest BCUT2D eigenvalue weighted by molar-refractivity contribution is 6.42. The van der Waals surface area contributed by atoms with Crippen LogP contribution in [0.3, 0.4) is 0 Å². The number of fused-ring (bicyclic) bond motifs is 1. The number of ether oxygens (including phenoxy) is 2. The van der Waals surface area contributed by atoms with Crippen molar-refractivity contribution in [2.75, 3.05) is 6.61 Å². The topological polar surface area (TPSA) is 69.6 Å². The molecule has 1 N–H and O–H groups in total. The smallest absolute Gasteiger partial charge is 0.407 e. The molecule has 0 atom stereocenters. The highest BCUT2D eigenvalue weighted by Crippen LogP contribution is 2.34. The van der Waals surface area contributed by atoms with Gasteiger partial charge < -0.3 is 19.4 Å². The van der Waals surface area contributed by atoms with Gasteiger partial charge in [-0.2, -0.15) is 0 Å². The number of hydrogen-bond acceptors (Lipinski definition) is 4. The zero-order valence-corrected chi connectivity index (χ0v) is 21.3. The monoisotopic (exact) mass is 484 g/mol. The molecular formula is C24H34Cl2N2O4. The van der Waals surface area contributed by atoms with Gasteiger partial charge >= 0.3 is 6.09 Å². The summed E-state index contributed by atoms with van der Waals surface area (Å²) in [5, 5.41) is 4.44. The molecule has 2 aromatic rings. The molecular weight excluding hydrogens is 451 g/mol. The van der Waals surface area contributed by atoms with Gasteiger partial charge in [0.1, 0.15) is 11.4 Å². The van der Waals surface area contributed by atoms with Gasteiger partial charge in [-0.1, -0.05) is 56.8 Å². The van der Waals surface area contributed by atoms with Crippen LogP contribution in [0.4, 0.5) is 4.79 Å². The van der Waals surface area contributed by atoms with Gasteiger partial charge in [-0.05, 0) is 45.2 Å². The first-order valence-corrected chi connectivity index (χ1v) is 11.8. The number of nitrogens with one attached hydrogen (secondary N) is 1. The van der Waals surface area contributed by atoms with Gasteiger partial charge in [0.05, 0.1) is 34.3 Å². The molecule has 1 heterocycles. The number of alkyl carbamates (subject to hydrolysis) is 1. The van der Waals surface area contributed by atoms with E-state index in [9.17, 15) is 9.59 Å². The van der Waals surface area contributed by atoms with E-state index in [0.29, 0.717) is 45.4 Å². The Hall–Kier alpha value is -1.92. The molecule has 1 amide bonds. The normalized spacial score (nSPS) is 11.8. The van der Waals surface area contributed by atoms with E-state index in [4.69, 9.17) is 32.7 Å². The first-order valence-electron chi connectivity index (χ1n) is 11.1. The van der Waals surface area contributed by atoms with Gasteiger partial charge in [-0.25, -0.2) is 4.79 Å². The van der Waals surface area contributed by atoms with E-state index in [1.54, 1.807) is 37.5 Å². The van der Waals surface area contributed by atoms with Crippen LogP contribution in [0.25, 0.3) is 10.8 Å². The van der Waals surface area contributed by atoms with Gasteiger partial charge in [-0.15, -0.1) is 0 Å². The molecule has 0 bridgehead atoms. The molecule has 1 aromatic carbocycles. The molecule has 0 aliphatic rings. The Labute approximate surface area is 200 Å². The van der Waals surface area contributed by atoms with Crippen molar-refractivity contribution in [2.45, 2.75) is 79.5 Å². The largest absolute Gasteiger partial charge is 0.491 e. The van der Waals surface area contributed by atoms with Crippen LogP contribution in [-0.4, -0.2) is 22.9 Å². The van der Waals surface area contributed by atoms with Crippen molar-refractivity contribution < 1.29 is 14.3 Å². The van der Waals surface area contributed by atoms with Gasteiger partial charge in [0, 0.05) is 11.9 Å². The van der Waals surface area contributed by atoms with Gasteiger partial charge in [-0.3, -0.25) is 4.79 Å². The fourth-order valence-electron chi connectivity index (χ4n) is 3.35. The Morgan fingerprint density at radius 1 is 1.12 bits per heavy atom. The molecule has 1 aromatic heterocycles. The number of amides is 1. The summed E-state index contributed by atoms with van der Waals surface area (Å²) >= 11 is 12.5. The van der Waals surface area contributed by atoms with Crippen molar-refractivity contribution in [1.29, 1.82) is 0 Å². The number of nitrogens with zero attached hydrogens (tertiary/aromatic N) is 1. The van der Waals surface area contributed by atoms with E-state index in [1.165, 1.54) is 0 Å². The fraction of sp³-hybridized carbons (Fsp3) is 0.583. The summed E-state index contributed by atoms with van der Waals surface area (Å²) in [6.45, 7) is 12.6. The number of carbonyl (C=O) groups excluding carboxylic acids is 1. The molecule has 0 saturated heterocycles. The van der Waals surface area contributed by atoms with Crippen molar-refractivity contribution >= 4 is 40.1 Å². The van der Waals surface area contributed by atoms with Crippen LogP contribution in [0.2, 0.25) is 10.0 Å². The minimum absolute atomic E-state index is 0.0795. The Bertz CT molecular complexity index is 1010. The van der Waals surface area contributed by atoms with Crippen molar-refractivity contribution in [3.05, 3.63) is 38.2 Å². The third-order valence-corrected chi connectivity index (χ3v) is 5.43. The number of halogens is 2. The molecule has 2 rings (SSSR count). The summed E-state index contributed by atoms with van der Waals surface area (Å²) in [6.07, 6.45) is 2.40. The number of carbonyl (C=O) groups is 1. The summed E-state index contributed by atoms with van der Waals surface area (Å²) in [5.74, 6) is 0.729. The van der Waals surface area contributed by atoms with E-state index < -0.39 is 11.7 Å². The Morgan fingerprint density at radius 2 is 1.75 bits per heavy atom. The molecule has 0 aliphatic heterocycles. The Morgan fingerprint density at radius 3 is 2.31 bits per heavy atom. The first-order chi connectivity index (χ1) is 14.9. The van der Waals surface area contributed by atoms with Crippen LogP contribution in [0.5, 0.6) is 5.75 Å². The second kappa shape index (κ2) is 11.3. The SMILES string of the molecule is CCCCCOc1c(CNC(=O)OC(C)(C)C)n(CC(C)C)c(=O)c2cc(Cl)c(Cl)cc12. The van der Waals surface area contributed by atoms with Crippen LogP contribution >= 0.6 is 23.2 Å². The van der Waals surface area contributed by atoms with Gasteiger partial charge in [0.2, 0.25) is 0 Å². The molecule has 0 fully saturated rings. The lowest BCUT2D eigenvalue weighted by Gasteiger charge is -2.23. The predicted molar refractivity (Wildman–Crippen MR) is 131 cm³/mol. The molecule has 0 aliphatic carbocycles. The maximum atomic E-state index is 13.4. The summed E-state index contributed by atoms with van der Waals surface area (Å²) in [5.41, 5.74) is -0.249. The number of aromatic nitrogens is 1. The van der Waals surface area contributed by atoms with Crippen LogP contribution in [0, 0.1) is 5.92 Å². The second-order valence-corrected chi connectivity index (χ2v) is 10.1. The van der Waals surface area contributed by atoms with E-state index in [0.717, 1.165) is 19.3 Å². The second-order valence-electron chi connectivity index (χ2n) is 9.31. The molecule has 32 heavy (non-hydrogen) atoms. The average molecular weight is 485 g/mol. The number of benzene rings is 1. The predicted octanol–water partition coefficient (Wildman–Crippen LogP) is 6.56. The Balaban J connectivity index is 2.62. The standard InChI is InChI=1S/C24H34Cl2N2O4/c1-7-8-9-10-31-21-16-11-18(25)19(26)12-17(16)22(29)28(14-15(2)3)20(21)13-27-23(30)32-24(4,5)6/h11-12,15H,7-10,13-14H2,1-6H3,(H,27,30). The van der Waals surface area contributed by atoms with Gasteiger partial charge in [0.25, 0.3) is 5.56 Å². The molecule has 0 radical (unpaired) electrons. The molecule has 0 spiro atoms. The summed E-state index contributed by atoms with van der Waals surface area (Å²) in [6, 6.07) is 3.24. The average Bonchev–Trinajstić information content (AvgIpc) is 2.67. The van der Waals surface area contributed by atoms with Crippen LogP contribution < -0.4 is 15.6 Å². The number of hydrogen-bond donors (Lipinski definition) is 1. The van der Waals surface area contributed by atoms with Crippen molar-refractivity contribution in [3.8, 4) is 5.75 Å². The highest BCUT2D eigenvalue weighted by Gasteiger charge is 2.22. The van der Waals surface area contributed by atoms with Gasteiger partial charge in [0.15, 0.2) is 0 Å². The number of rotatable bonds is 9. The quantitative estimate of drug-likeness (QED) is 0.409. The first kappa shape index (κ1) is 26.3. The van der Waals surface area contributed by atoms with E-state index >= 15 is 0 Å². The molecule has 6 nitrogen and oxygen atoms in total. The molecule has 8 heteroatoms. The maximum Gasteiger partial charge on any atom is 0.407 e. The van der Waals surface area contributed by atoms with Crippen molar-refractivity contribution in [3.63, 3.8) is 0 Å². The van der Waals surface area contributed by atoms with Crippen LogP contribution in [0.15, 0.2) is 16.9 Å². The van der Waals surface area contributed by atoms with E-state index in [2.05, 4.69) is 12.2 Å². The molecule has 178 valence electrons. The minimum Gasteiger partial charge on any atom is -0.491 e. The lowest BCUT2D eigenvalue weighted by molar-refractivity contribution is 0.0521. The zero-order valence-electron chi connectivity index (χ0n) is 19.8. The highest BCUT2D eigenvalue weighted by atomic mass is 35.5. The zero-order chi connectivity index (χ0) is 24.1. The number of pyridine rings is 1. The van der Waals surface area contributed by atoms with Crippen molar-refractivity contribution in [2.24, 2.45) is 5.92 Å². The van der Waals surface area contributed by atoms with Crippen LogP contribution in [-0.2, 0) is 17.8 Å². The fourth-order valence-corrected chi connectivity index (χ4v) is 3.68. The van der Waals surface area contributed by atoms with E-state index in [-0.39, 0.29) is 18.0 Å².